The molecular weight excluding hydrogens is 249 g/mol. The van der Waals surface area contributed by atoms with Crippen LogP contribution in [0, 0.1) is 0 Å². The minimum atomic E-state index is -0.429. The van der Waals surface area contributed by atoms with Crippen molar-refractivity contribution in [3.63, 3.8) is 0 Å². The molecule has 3 nitrogen and oxygen atoms in total. The van der Waals surface area contributed by atoms with Gasteiger partial charge in [0.15, 0.2) is 0 Å². The van der Waals surface area contributed by atoms with Gasteiger partial charge >= 0.3 is 0 Å². The molecule has 0 aliphatic carbocycles. The molecule has 1 amide bonds. The molecule has 1 aliphatic heterocycles. The smallest absolute Gasteiger partial charge is 0.255 e. The third kappa shape index (κ3) is 2.32. The van der Waals surface area contributed by atoms with Crippen molar-refractivity contribution in [1.82, 2.24) is 4.90 Å². The molecule has 1 aliphatic rings. The van der Waals surface area contributed by atoms with Crippen molar-refractivity contribution in [2.24, 2.45) is 0 Å². The first-order valence-electron chi connectivity index (χ1n) is 5.00. The SMILES string of the molecule is O=C(c1cc(Cl)ccc1Cl)N1CC[C@@H](O)C1. The number of β-amino-alcohol motifs (C(OH)–C–C–N with tert-alkyl or cyclic N) is 1. The van der Waals surface area contributed by atoms with E-state index in [0.717, 1.165) is 0 Å². The monoisotopic (exact) mass is 259 g/mol. The van der Waals surface area contributed by atoms with Gasteiger partial charge in [0.25, 0.3) is 5.91 Å². The van der Waals surface area contributed by atoms with Crippen LogP contribution in [0.15, 0.2) is 18.2 Å². The van der Waals surface area contributed by atoms with Gasteiger partial charge in [0.1, 0.15) is 0 Å². The highest BCUT2D eigenvalue weighted by molar-refractivity contribution is 6.35. The molecule has 0 radical (unpaired) electrons. The molecule has 16 heavy (non-hydrogen) atoms. The Morgan fingerprint density at radius 2 is 2.19 bits per heavy atom. The van der Waals surface area contributed by atoms with Crippen LogP contribution in [0.5, 0.6) is 0 Å². The van der Waals surface area contributed by atoms with Gasteiger partial charge in [0.2, 0.25) is 0 Å². The Kier molecular flexibility index (Phi) is 3.38. The number of likely N-dealkylation sites (tertiary alicyclic amines) is 1. The number of aliphatic hydroxyl groups excluding tert-OH is 1. The van der Waals surface area contributed by atoms with Crippen LogP contribution in [0.3, 0.4) is 0 Å². The van der Waals surface area contributed by atoms with E-state index in [4.69, 9.17) is 23.2 Å². The lowest BCUT2D eigenvalue weighted by molar-refractivity contribution is 0.0765. The van der Waals surface area contributed by atoms with E-state index in [1.165, 1.54) is 0 Å². The third-order valence-corrected chi connectivity index (χ3v) is 3.17. The largest absolute Gasteiger partial charge is 0.391 e. The number of aliphatic hydroxyl groups is 1. The van der Waals surface area contributed by atoms with Crippen LogP contribution in [0.1, 0.15) is 16.8 Å². The quantitative estimate of drug-likeness (QED) is 0.840. The van der Waals surface area contributed by atoms with Crippen LogP contribution >= 0.6 is 23.2 Å². The van der Waals surface area contributed by atoms with E-state index in [0.29, 0.717) is 35.1 Å². The first-order valence-corrected chi connectivity index (χ1v) is 5.76. The minimum Gasteiger partial charge on any atom is -0.391 e. The minimum absolute atomic E-state index is 0.177. The maximum Gasteiger partial charge on any atom is 0.255 e. The molecule has 1 N–H and O–H groups in total. The number of carbonyl (C=O) groups is 1. The predicted molar refractivity (Wildman–Crippen MR) is 63.0 cm³/mol. The molecule has 0 saturated carbocycles. The molecule has 0 bridgehead atoms. The van der Waals surface area contributed by atoms with E-state index >= 15 is 0 Å². The Morgan fingerprint density at radius 1 is 1.44 bits per heavy atom. The summed E-state index contributed by atoms with van der Waals surface area (Å²) in [7, 11) is 0. The van der Waals surface area contributed by atoms with Gasteiger partial charge in [-0.05, 0) is 24.6 Å². The highest BCUT2D eigenvalue weighted by atomic mass is 35.5. The summed E-state index contributed by atoms with van der Waals surface area (Å²) < 4.78 is 0. The highest BCUT2D eigenvalue weighted by Crippen LogP contribution is 2.23. The van der Waals surface area contributed by atoms with Gasteiger partial charge in [0.05, 0.1) is 16.7 Å². The Morgan fingerprint density at radius 3 is 2.81 bits per heavy atom. The second kappa shape index (κ2) is 4.62. The van der Waals surface area contributed by atoms with Gasteiger partial charge in [-0.3, -0.25) is 4.79 Å². The third-order valence-electron chi connectivity index (χ3n) is 2.61. The lowest BCUT2D eigenvalue weighted by atomic mass is 10.2. The number of benzene rings is 1. The van der Waals surface area contributed by atoms with Crippen molar-refractivity contribution >= 4 is 29.1 Å². The van der Waals surface area contributed by atoms with Crippen LogP contribution in [-0.4, -0.2) is 35.1 Å². The molecule has 1 aromatic carbocycles. The van der Waals surface area contributed by atoms with Crippen molar-refractivity contribution in [2.45, 2.75) is 12.5 Å². The van der Waals surface area contributed by atoms with Crippen LogP contribution in [0.25, 0.3) is 0 Å². The Labute approximate surface area is 104 Å². The van der Waals surface area contributed by atoms with Crippen LogP contribution < -0.4 is 0 Å². The summed E-state index contributed by atoms with van der Waals surface area (Å²) in [6.45, 7) is 0.921. The topological polar surface area (TPSA) is 40.5 Å². The lowest BCUT2D eigenvalue weighted by Gasteiger charge is -2.16. The first kappa shape index (κ1) is 11.7. The molecule has 1 heterocycles. The maximum absolute atomic E-state index is 12.0. The number of nitrogens with zero attached hydrogens (tertiary/aromatic N) is 1. The van der Waals surface area contributed by atoms with Gasteiger partial charge < -0.3 is 10.0 Å². The molecule has 1 saturated heterocycles. The van der Waals surface area contributed by atoms with Crippen LogP contribution in [0.4, 0.5) is 0 Å². The van der Waals surface area contributed by atoms with Gasteiger partial charge in [-0.25, -0.2) is 0 Å². The van der Waals surface area contributed by atoms with Crippen molar-refractivity contribution in [3.8, 4) is 0 Å². The summed E-state index contributed by atoms with van der Waals surface area (Å²) in [5.41, 5.74) is 0.392. The summed E-state index contributed by atoms with van der Waals surface area (Å²) in [5.74, 6) is -0.177. The number of hydrogen-bond acceptors (Lipinski definition) is 2. The van der Waals surface area contributed by atoms with Gasteiger partial charge in [0, 0.05) is 18.1 Å². The van der Waals surface area contributed by atoms with E-state index in [-0.39, 0.29) is 5.91 Å². The molecule has 5 heteroatoms. The van der Waals surface area contributed by atoms with E-state index < -0.39 is 6.10 Å². The van der Waals surface area contributed by atoms with E-state index in [1.807, 2.05) is 0 Å². The molecule has 86 valence electrons. The highest BCUT2D eigenvalue weighted by Gasteiger charge is 2.26. The number of rotatable bonds is 1. The normalized spacial score (nSPS) is 20.2. The number of halogens is 2. The zero-order chi connectivity index (χ0) is 11.7. The standard InChI is InChI=1S/C11H11Cl2NO2/c12-7-1-2-10(13)9(5-7)11(16)14-4-3-8(15)6-14/h1-2,5,8,15H,3-4,6H2/t8-/m1/s1. The molecule has 0 aromatic heterocycles. The summed E-state index contributed by atoms with van der Waals surface area (Å²) in [4.78, 5) is 13.6. The fraction of sp³-hybridized carbons (Fsp3) is 0.364. The predicted octanol–water partition coefficient (Wildman–Crippen LogP) is 2.20. The summed E-state index contributed by atoms with van der Waals surface area (Å²) in [6, 6.07) is 4.79. The van der Waals surface area contributed by atoms with Gasteiger partial charge in [-0.15, -0.1) is 0 Å². The Hall–Kier alpha value is -0.770. The van der Waals surface area contributed by atoms with Crippen LogP contribution in [-0.2, 0) is 0 Å². The summed E-state index contributed by atoms with van der Waals surface area (Å²) >= 11 is 11.8. The maximum atomic E-state index is 12.0. The van der Waals surface area contributed by atoms with E-state index in [1.54, 1.807) is 23.1 Å². The zero-order valence-corrected chi connectivity index (χ0v) is 10.0. The van der Waals surface area contributed by atoms with E-state index in [9.17, 15) is 9.90 Å². The first-order chi connectivity index (χ1) is 7.58. The fourth-order valence-corrected chi connectivity index (χ4v) is 2.13. The van der Waals surface area contributed by atoms with Gasteiger partial charge in [-0.1, -0.05) is 23.2 Å². The number of amides is 1. The number of hydrogen-bond donors (Lipinski definition) is 1. The molecule has 1 aromatic rings. The second-order valence-electron chi connectivity index (χ2n) is 3.82. The van der Waals surface area contributed by atoms with Crippen molar-refractivity contribution < 1.29 is 9.90 Å². The van der Waals surface area contributed by atoms with Crippen molar-refractivity contribution in [1.29, 1.82) is 0 Å². The van der Waals surface area contributed by atoms with E-state index in [2.05, 4.69) is 0 Å². The molecule has 0 unspecified atom stereocenters. The van der Waals surface area contributed by atoms with Crippen molar-refractivity contribution in [3.05, 3.63) is 33.8 Å². The molecule has 1 atom stereocenters. The summed E-state index contributed by atoms with van der Waals surface area (Å²) in [5, 5.41) is 10.2. The van der Waals surface area contributed by atoms with Gasteiger partial charge in [-0.2, -0.15) is 0 Å². The molecule has 2 rings (SSSR count). The average molecular weight is 260 g/mol. The van der Waals surface area contributed by atoms with Crippen LogP contribution in [0.2, 0.25) is 10.0 Å². The Balaban J connectivity index is 2.23. The summed E-state index contributed by atoms with van der Waals surface area (Å²) in [6.07, 6.45) is 0.186. The lowest BCUT2D eigenvalue weighted by Crippen LogP contribution is -2.29. The molecular formula is C11H11Cl2NO2. The second-order valence-corrected chi connectivity index (χ2v) is 4.66. The molecule has 1 fully saturated rings. The van der Waals surface area contributed by atoms with Crippen molar-refractivity contribution in [2.75, 3.05) is 13.1 Å². The Bertz CT molecular complexity index is 422. The zero-order valence-electron chi connectivity index (χ0n) is 8.49. The molecule has 0 spiro atoms. The number of carbonyl (C=O) groups excluding carboxylic acids is 1. The fourth-order valence-electron chi connectivity index (χ4n) is 1.76. The average Bonchev–Trinajstić information content (AvgIpc) is 2.67.